The molecule has 0 radical (unpaired) electrons. The van der Waals surface area contributed by atoms with Crippen LogP contribution in [0.5, 0.6) is 0 Å². The molecular formula is C15H20ClNS. The maximum Gasteiger partial charge on any atom is 0.0408 e. The molecule has 98 valence electrons. The van der Waals surface area contributed by atoms with E-state index in [4.69, 9.17) is 11.6 Å². The molecule has 3 rings (SSSR count). The normalized spacial score (nSPS) is 31.3. The monoisotopic (exact) mass is 281 g/mol. The molecule has 1 aliphatic carbocycles. The molecule has 1 nitrogen and oxygen atoms in total. The molecule has 1 aromatic carbocycles. The molecule has 0 amide bonds. The summed E-state index contributed by atoms with van der Waals surface area (Å²) in [5, 5.41) is 5.46. The molecule has 1 aromatic rings. The van der Waals surface area contributed by atoms with E-state index >= 15 is 0 Å². The van der Waals surface area contributed by atoms with Gasteiger partial charge in [0.05, 0.1) is 0 Å². The van der Waals surface area contributed by atoms with Gasteiger partial charge in [-0.25, -0.2) is 0 Å². The van der Waals surface area contributed by atoms with Gasteiger partial charge in [-0.3, -0.25) is 0 Å². The molecule has 1 N–H and O–H groups in total. The summed E-state index contributed by atoms with van der Waals surface area (Å²) in [6, 6.07) is 9.08. The number of hydrogen-bond acceptors (Lipinski definition) is 2. The number of thioether (sulfide) groups is 1. The molecule has 2 fully saturated rings. The molecule has 1 unspecified atom stereocenters. The second-order valence-electron chi connectivity index (χ2n) is 5.46. The molecule has 2 aliphatic rings. The highest BCUT2D eigenvalue weighted by molar-refractivity contribution is 8.00. The van der Waals surface area contributed by atoms with Crippen LogP contribution in [0.3, 0.4) is 0 Å². The van der Waals surface area contributed by atoms with Gasteiger partial charge in [-0.05, 0) is 55.1 Å². The smallest absolute Gasteiger partial charge is 0.0408 e. The number of halogens is 1. The predicted octanol–water partition coefficient (Wildman–Crippen LogP) is 4.07. The topological polar surface area (TPSA) is 12.0 Å². The highest BCUT2D eigenvalue weighted by atomic mass is 35.5. The van der Waals surface area contributed by atoms with E-state index in [0.29, 0.717) is 0 Å². The minimum atomic E-state index is 0.720. The lowest BCUT2D eigenvalue weighted by Crippen LogP contribution is -2.42. The molecule has 18 heavy (non-hydrogen) atoms. The van der Waals surface area contributed by atoms with Gasteiger partial charge in [-0.1, -0.05) is 23.7 Å². The second kappa shape index (κ2) is 5.85. The third kappa shape index (κ3) is 3.04. The van der Waals surface area contributed by atoms with Crippen LogP contribution < -0.4 is 5.32 Å². The van der Waals surface area contributed by atoms with Crippen LogP contribution in [0.25, 0.3) is 0 Å². The van der Waals surface area contributed by atoms with Gasteiger partial charge in [-0.2, -0.15) is 11.8 Å². The Bertz CT molecular complexity index is 397. The lowest BCUT2D eigenvalue weighted by atomic mass is 9.76. The molecule has 1 aliphatic heterocycles. The van der Waals surface area contributed by atoms with Gasteiger partial charge in [0.25, 0.3) is 0 Å². The molecular weight excluding hydrogens is 262 g/mol. The Morgan fingerprint density at radius 3 is 2.94 bits per heavy atom. The van der Waals surface area contributed by atoms with Crippen LogP contribution in [0.15, 0.2) is 24.3 Å². The fourth-order valence-electron chi connectivity index (χ4n) is 2.92. The van der Waals surface area contributed by atoms with Crippen molar-refractivity contribution >= 4 is 23.4 Å². The Hall–Kier alpha value is -0.180. The number of nitrogens with one attached hydrogen (secondary N) is 1. The largest absolute Gasteiger partial charge is 0.313 e. The van der Waals surface area contributed by atoms with Crippen LogP contribution in [0.2, 0.25) is 5.02 Å². The zero-order valence-electron chi connectivity index (χ0n) is 10.6. The lowest BCUT2D eigenvalue weighted by Gasteiger charge is -2.37. The average Bonchev–Trinajstić information content (AvgIpc) is 2.80. The lowest BCUT2D eigenvalue weighted by molar-refractivity contribution is 0.291. The minimum absolute atomic E-state index is 0.720. The standard InChI is InChI=1S/C15H20ClNS/c16-13-4-1-3-11(7-13)12-8-14(9-12)17-10-15-5-2-6-18-15/h1,3-4,7,12,14-15,17H,2,5-6,8-10H2. The average molecular weight is 282 g/mol. The van der Waals surface area contributed by atoms with Crippen LogP contribution in [0.4, 0.5) is 0 Å². The first-order chi connectivity index (χ1) is 8.81. The zero-order valence-corrected chi connectivity index (χ0v) is 12.1. The molecule has 0 bridgehead atoms. The van der Waals surface area contributed by atoms with Crippen molar-refractivity contribution in [2.75, 3.05) is 12.3 Å². The van der Waals surface area contributed by atoms with Gasteiger partial charge >= 0.3 is 0 Å². The van der Waals surface area contributed by atoms with Crippen LogP contribution in [0, 0.1) is 0 Å². The molecule has 0 aromatic heterocycles. The van der Waals surface area contributed by atoms with E-state index in [9.17, 15) is 0 Å². The molecule has 1 saturated heterocycles. The summed E-state index contributed by atoms with van der Waals surface area (Å²) in [5.74, 6) is 2.08. The maximum atomic E-state index is 6.04. The SMILES string of the molecule is Clc1cccc(C2CC(NCC3CCCS3)C2)c1. The fourth-order valence-corrected chi connectivity index (χ4v) is 4.33. The van der Waals surface area contributed by atoms with Crippen molar-refractivity contribution in [3.63, 3.8) is 0 Å². The van der Waals surface area contributed by atoms with Crippen LogP contribution in [0.1, 0.15) is 37.2 Å². The van der Waals surface area contributed by atoms with Gasteiger partial charge in [0.2, 0.25) is 0 Å². The summed E-state index contributed by atoms with van der Waals surface area (Å²) in [7, 11) is 0. The van der Waals surface area contributed by atoms with E-state index in [1.165, 1.54) is 43.5 Å². The van der Waals surface area contributed by atoms with E-state index in [0.717, 1.165) is 22.2 Å². The Morgan fingerprint density at radius 1 is 1.33 bits per heavy atom. The number of hydrogen-bond donors (Lipinski definition) is 1. The van der Waals surface area contributed by atoms with Gasteiger partial charge in [0, 0.05) is 22.9 Å². The first kappa shape index (κ1) is 12.8. The van der Waals surface area contributed by atoms with Gasteiger partial charge in [-0.15, -0.1) is 0 Å². The molecule has 1 atom stereocenters. The summed E-state index contributed by atoms with van der Waals surface area (Å²) in [4.78, 5) is 0. The quantitative estimate of drug-likeness (QED) is 0.893. The van der Waals surface area contributed by atoms with Crippen LogP contribution in [-0.4, -0.2) is 23.6 Å². The first-order valence-corrected chi connectivity index (χ1v) is 8.34. The Balaban J connectivity index is 1.42. The van der Waals surface area contributed by atoms with E-state index in [-0.39, 0.29) is 0 Å². The second-order valence-corrected chi connectivity index (χ2v) is 7.31. The van der Waals surface area contributed by atoms with E-state index in [1.54, 1.807) is 0 Å². The molecule has 3 heteroatoms. The van der Waals surface area contributed by atoms with Crippen LogP contribution in [-0.2, 0) is 0 Å². The van der Waals surface area contributed by atoms with Gasteiger partial charge < -0.3 is 5.32 Å². The Labute approximate surface area is 119 Å². The predicted molar refractivity (Wildman–Crippen MR) is 80.7 cm³/mol. The molecule has 1 heterocycles. The summed E-state index contributed by atoms with van der Waals surface area (Å²) < 4.78 is 0. The Morgan fingerprint density at radius 2 is 2.22 bits per heavy atom. The van der Waals surface area contributed by atoms with Crippen LogP contribution >= 0.6 is 23.4 Å². The van der Waals surface area contributed by atoms with Gasteiger partial charge in [0.15, 0.2) is 0 Å². The molecule has 0 spiro atoms. The van der Waals surface area contributed by atoms with E-state index in [2.05, 4.69) is 35.3 Å². The summed E-state index contributed by atoms with van der Waals surface area (Å²) in [6.45, 7) is 1.21. The van der Waals surface area contributed by atoms with E-state index < -0.39 is 0 Å². The third-order valence-electron chi connectivity index (χ3n) is 4.12. The highest BCUT2D eigenvalue weighted by Crippen LogP contribution is 2.38. The summed E-state index contributed by atoms with van der Waals surface area (Å²) >= 11 is 8.17. The minimum Gasteiger partial charge on any atom is -0.313 e. The van der Waals surface area contributed by atoms with Crippen molar-refractivity contribution in [3.8, 4) is 0 Å². The van der Waals surface area contributed by atoms with Gasteiger partial charge in [0.1, 0.15) is 0 Å². The number of rotatable bonds is 4. The summed E-state index contributed by atoms with van der Waals surface area (Å²) in [5.41, 5.74) is 1.41. The van der Waals surface area contributed by atoms with Crippen molar-refractivity contribution in [3.05, 3.63) is 34.9 Å². The number of benzene rings is 1. The summed E-state index contributed by atoms with van der Waals surface area (Å²) in [6.07, 6.45) is 5.37. The maximum absolute atomic E-state index is 6.04. The van der Waals surface area contributed by atoms with Crippen molar-refractivity contribution in [2.24, 2.45) is 0 Å². The van der Waals surface area contributed by atoms with Crippen molar-refractivity contribution < 1.29 is 0 Å². The fraction of sp³-hybridized carbons (Fsp3) is 0.600. The molecule has 1 saturated carbocycles. The highest BCUT2D eigenvalue weighted by Gasteiger charge is 2.30. The Kier molecular flexibility index (Phi) is 4.17. The van der Waals surface area contributed by atoms with Crippen molar-refractivity contribution in [1.29, 1.82) is 0 Å². The first-order valence-electron chi connectivity index (χ1n) is 6.92. The zero-order chi connectivity index (χ0) is 12.4. The van der Waals surface area contributed by atoms with Crippen molar-refractivity contribution in [2.45, 2.75) is 42.9 Å². The third-order valence-corrected chi connectivity index (χ3v) is 5.75. The van der Waals surface area contributed by atoms with Crippen molar-refractivity contribution in [1.82, 2.24) is 5.32 Å². The van der Waals surface area contributed by atoms with E-state index in [1.807, 2.05) is 6.07 Å².